The van der Waals surface area contributed by atoms with E-state index in [0.717, 1.165) is 24.3 Å². The third-order valence-corrected chi connectivity index (χ3v) is 5.64. The third kappa shape index (κ3) is 6.71. The molecular weight excluding hydrogens is 544 g/mol. The first-order valence-electron chi connectivity index (χ1n) is 11.2. The van der Waals surface area contributed by atoms with Gasteiger partial charge in [0.2, 0.25) is 17.9 Å². The summed E-state index contributed by atoms with van der Waals surface area (Å²) in [5.74, 6) is -3.22. The number of benzene rings is 2. The Kier molecular flexibility index (Phi) is 7.63. The van der Waals surface area contributed by atoms with Crippen LogP contribution in [0.2, 0.25) is 0 Å². The molecule has 15 heteroatoms. The predicted molar refractivity (Wildman–Crippen MR) is 119 cm³/mol. The van der Waals surface area contributed by atoms with Gasteiger partial charge in [0.15, 0.2) is 5.82 Å². The van der Waals surface area contributed by atoms with Crippen LogP contribution in [0.4, 0.5) is 40.9 Å². The van der Waals surface area contributed by atoms with Crippen LogP contribution in [0.1, 0.15) is 12.0 Å². The first-order chi connectivity index (χ1) is 18.2. The maximum absolute atomic E-state index is 14.5. The van der Waals surface area contributed by atoms with Crippen LogP contribution in [0.3, 0.4) is 0 Å². The summed E-state index contributed by atoms with van der Waals surface area (Å²) in [7, 11) is 0. The molecule has 1 aromatic heterocycles. The normalized spacial score (nSPS) is 16.0. The highest BCUT2D eigenvalue weighted by molar-refractivity contribution is 5.97. The van der Waals surface area contributed by atoms with E-state index >= 15 is 0 Å². The van der Waals surface area contributed by atoms with E-state index in [-0.39, 0.29) is 47.2 Å². The second kappa shape index (κ2) is 10.6. The number of nitrogens with one attached hydrogen (secondary N) is 2. The molecule has 1 fully saturated rings. The maximum Gasteiger partial charge on any atom is 0.423 e. The van der Waals surface area contributed by atoms with Crippen molar-refractivity contribution >= 4 is 17.6 Å². The van der Waals surface area contributed by atoms with Crippen molar-refractivity contribution in [3.05, 3.63) is 65.7 Å². The van der Waals surface area contributed by atoms with Crippen molar-refractivity contribution in [1.82, 2.24) is 15.1 Å². The molecule has 2 aromatic carbocycles. The summed E-state index contributed by atoms with van der Waals surface area (Å²) in [6.07, 6.45) is -15.6. The number of alkyl halides is 6. The number of aromatic nitrogens is 2. The minimum atomic E-state index is -5.75. The Morgan fingerprint density at radius 1 is 1.03 bits per heavy atom. The smallest absolute Gasteiger partial charge is 0.356 e. The molecule has 39 heavy (non-hydrogen) atoms. The van der Waals surface area contributed by atoms with Crippen LogP contribution in [-0.2, 0) is 20.9 Å². The lowest BCUT2D eigenvalue weighted by molar-refractivity contribution is -0.324. The summed E-state index contributed by atoms with van der Waals surface area (Å²) in [6.45, 7) is -1.13. The molecule has 0 spiro atoms. The molecule has 7 nitrogen and oxygen atoms in total. The number of carbonyl (C=O) groups excluding carboxylic acids is 2. The Bertz CT molecular complexity index is 1360. The van der Waals surface area contributed by atoms with Gasteiger partial charge in [-0.2, -0.15) is 26.3 Å². The van der Waals surface area contributed by atoms with Gasteiger partial charge < -0.3 is 15.4 Å². The van der Waals surface area contributed by atoms with Gasteiger partial charge >= 0.3 is 12.4 Å². The first-order valence-corrected chi connectivity index (χ1v) is 11.2. The number of rotatable bonds is 7. The van der Waals surface area contributed by atoms with E-state index in [2.05, 4.69) is 20.5 Å². The van der Waals surface area contributed by atoms with Gasteiger partial charge in [-0.25, -0.2) is 13.5 Å². The number of hydrogen-bond acceptors (Lipinski definition) is 4. The van der Waals surface area contributed by atoms with Crippen molar-refractivity contribution in [2.75, 3.05) is 11.9 Å². The summed E-state index contributed by atoms with van der Waals surface area (Å²) in [6, 6.07) is 8.81. The minimum Gasteiger partial charge on any atom is -0.356 e. The zero-order chi connectivity index (χ0) is 28.5. The molecule has 3 aromatic rings. The fraction of sp³-hybridized carbons (Fsp3) is 0.292. The van der Waals surface area contributed by atoms with Gasteiger partial charge in [-0.1, -0.05) is 0 Å². The summed E-state index contributed by atoms with van der Waals surface area (Å²) < 4.78 is 110. The van der Waals surface area contributed by atoms with Crippen LogP contribution in [0.5, 0.6) is 0 Å². The van der Waals surface area contributed by atoms with Crippen LogP contribution in [-0.4, -0.2) is 46.6 Å². The molecule has 1 saturated heterocycles. The van der Waals surface area contributed by atoms with Gasteiger partial charge in [0.05, 0.1) is 23.9 Å². The van der Waals surface area contributed by atoms with Crippen LogP contribution >= 0.6 is 0 Å². The largest absolute Gasteiger partial charge is 0.423 e. The molecule has 1 atom stereocenters. The van der Waals surface area contributed by atoms with E-state index in [9.17, 15) is 44.7 Å². The van der Waals surface area contributed by atoms with Crippen molar-refractivity contribution in [2.45, 2.75) is 31.5 Å². The van der Waals surface area contributed by atoms with E-state index < -0.39 is 48.5 Å². The highest BCUT2D eigenvalue weighted by atomic mass is 19.4. The molecular formula is C24H18F8N4O3. The summed E-state index contributed by atoms with van der Waals surface area (Å²) in [5, 5.41) is 9.24. The Hall–Kier alpha value is -4.01. The first kappa shape index (κ1) is 28.0. The fourth-order valence-electron chi connectivity index (χ4n) is 3.88. The number of anilines is 1. The topological polar surface area (TPSA) is 85.2 Å². The average molecular weight is 562 g/mol. The Morgan fingerprint density at radius 2 is 1.69 bits per heavy atom. The predicted octanol–water partition coefficient (Wildman–Crippen LogP) is 4.90. The molecule has 4 rings (SSSR count). The Morgan fingerprint density at radius 3 is 2.28 bits per heavy atom. The van der Waals surface area contributed by atoms with Crippen LogP contribution in [0.25, 0.3) is 16.9 Å². The molecule has 1 aliphatic rings. The SMILES string of the molecule is O=C1C[C@H](C(=O)Nc2cc(-c3cc(F)cc(COC(C(F)(F)F)C(F)(F)F)c3)n(-c3ccc(F)cc3)n2)CN1. The van der Waals surface area contributed by atoms with Gasteiger partial charge in [-0.15, -0.1) is 5.10 Å². The molecule has 0 bridgehead atoms. The number of halogens is 8. The monoisotopic (exact) mass is 562 g/mol. The number of carbonyl (C=O) groups is 2. The number of hydrogen-bond donors (Lipinski definition) is 2. The standard InChI is InChI=1S/C24H18F8N4O3/c25-15-1-3-17(4-2-15)36-18(9-19(35-36)34-21(38)14-8-20(37)33-10-14)13-5-12(6-16(26)7-13)11-39-22(23(27,28)29)24(30,31)32/h1-7,9,14,22H,8,10-11H2,(H,33,37)(H,34,35,38)/t14-/m0/s1. The number of nitrogens with zero attached hydrogens (tertiary/aromatic N) is 2. The molecule has 0 radical (unpaired) electrons. The quantitative estimate of drug-likeness (QED) is 0.402. The van der Waals surface area contributed by atoms with Crippen LogP contribution in [0.15, 0.2) is 48.5 Å². The Labute approximate surface area is 214 Å². The van der Waals surface area contributed by atoms with E-state index in [1.165, 1.54) is 22.9 Å². The number of ether oxygens (including phenoxy) is 1. The second-order valence-corrected chi connectivity index (χ2v) is 8.62. The third-order valence-electron chi connectivity index (χ3n) is 5.64. The summed E-state index contributed by atoms with van der Waals surface area (Å²) in [4.78, 5) is 24.0. The average Bonchev–Trinajstić information content (AvgIpc) is 3.44. The van der Waals surface area contributed by atoms with Crippen molar-refractivity contribution in [2.24, 2.45) is 5.92 Å². The zero-order valence-corrected chi connectivity index (χ0v) is 19.5. The molecule has 2 N–H and O–H groups in total. The molecule has 2 amide bonds. The highest BCUT2D eigenvalue weighted by Crippen LogP contribution is 2.36. The fourth-order valence-corrected chi connectivity index (χ4v) is 3.88. The highest BCUT2D eigenvalue weighted by Gasteiger charge is 2.58. The van der Waals surface area contributed by atoms with Crippen molar-refractivity contribution in [3.8, 4) is 16.9 Å². The number of amides is 2. The molecule has 1 aliphatic heterocycles. The molecule has 0 aliphatic carbocycles. The Balaban J connectivity index is 1.68. The molecule has 2 heterocycles. The molecule has 0 unspecified atom stereocenters. The molecule has 208 valence electrons. The van der Waals surface area contributed by atoms with Gasteiger partial charge in [0, 0.05) is 24.6 Å². The van der Waals surface area contributed by atoms with Crippen LogP contribution in [0, 0.1) is 17.6 Å². The lowest BCUT2D eigenvalue weighted by Crippen LogP contribution is -2.44. The van der Waals surface area contributed by atoms with Crippen molar-refractivity contribution in [3.63, 3.8) is 0 Å². The van der Waals surface area contributed by atoms with E-state index in [1.807, 2.05) is 0 Å². The van der Waals surface area contributed by atoms with Crippen LogP contribution < -0.4 is 10.6 Å². The molecule has 0 saturated carbocycles. The van der Waals surface area contributed by atoms with Gasteiger partial charge in [0.25, 0.3) is 0 Å². The summed E-state index contributed by atoms with van der Waals surface area (Å²) in [5.41, 5.74) is -0.0990. The van der Waals surface area contributed by atoms with Crippen molar-refractivity contribution < 1.29 is 49.4 Å². The van der Waals surface area contributed by atoms with E-state index in [1.54, 1.807) is 0 Å². The van der Waals surface area contributed by atoms with E-state index in [4.69, 9.17) is 0 Å². The maximum atomic E-state index is 14.5. The lowest BCUT2D eigenvalue weighted by atomic mass is 10.1. The van der Waals surface area contributed by atoms with Gasteiger partial charge in [-0.3, -0.25) is 9.59 Å². The van der Waals surface area contributed by atoms with Gasteiger partial charge in [-0.05, 0) is 48.0 Å². The summed E-state index contributed by atoms with van der Waals surface area (Å²) >= 11 is 0. The zero-order valence-electron chi connectivity index (χ0n) is 19.5. The van der Waals surface area contributed by atoms with Crippen molar-refractivity contribution in [1.29, 1.82) is 0 Å². The lowest BCUT2D eigenvalue weighted by Gasteiger charge is -2.23. The van der Waals surface area contributed by atoms with Gasteiger partial charge in [0.1, 0.15) is 11.6 Å². The minimum absolute atomic E-state index is 0.0424. The van der Waals surface area contributed by atoms with E-state index in [0.29, 0.717) is 6.07 Å². The second-order valence-electron chi connectivity index (χ2n) is 8.62.